The molecule has 0 aromatic heterocycles. The number of hydrogen-bond donors (Lipinski definition) is 1. The molecule has 0 spiro atoms. The number of halogens is 1. The van der Waals surface area contributed by atoms with Gasteiger partial charge in [0.1, 0.15) is 5.82 Å². The number of methoxy groups -OCH3 is 2. The van der Waals surface area contributed by atoms with Gasteiger partial charge in [0.25, 0.3) is 0 Å². The lowest BCUT2D eigenvalue weighted by Gasteiger charge is -2.44. The van der Waals surface area contributed by atoms with Crippen LogP contribution < -0.4 is 9.47 Å². The van der Waals surface area contributed by atoms with E-state index < -0.39 is 5.60 Å². The van der Waals surface area contributed by atoms with Crippen LogP contribution in [0.2, 0.25) is 0 Å². The van der Waals surface area contributed by atoms with Gasteiger partial charge in [-0.15, -0.1) is 0 Å². The first-order valence-electron chi connectivity index (χ1n) is 11.2. The van der Waals surface area contributed by atoms with E-state index in [0.29, 0.717) is 12.8 Å². The minimum atomic E-state index is -0.767. The number of aliphatic hydroxyl groups is 1. The highest BCUT2D eigenvalue weighted by Crippen LogP contribution is 2.45. The van der Waals surface area contributed by atoms with Crippen molar-refractivity contribution in [1.82, 2.24) is 4.90 Å². The molecule has 170 valence electrons. The molecule has 0 saturated heterocycles. The summed E-state index contributed by atoms with van der Waals surface area (Å²) < 4.78 is 24.4. The maximum atomic E-state index is 13.7. The number of hydrogen-bond acceptors (Lipinski definition) is 4. The fraction of sp³-hybridized carbons (Fsp3) is 0.538. The number of nitrogens with zero attached hydrogens (tertiary/aromatic N) is 1. The van der Waals surface area contributed by atoms with Gasteiger partial charge in [-0.1, -0.05) is 26.0 Å². The highest BCUT2D eigenvalue weighted by Gasteiger charge is 2.43. The molecule has 0 bridgehead atoms. The number of likely N-dealkylation sites (N-methyl/N-ethyl adjacent to an activating group) is 1. The van der Waals surface area contributed by atoms with Gasteiger partial charge in [0.2, 0.25) is 0 Å². The number of ether oxygens (including phenoxy) is 2. The van der Waals surface area contributed by atoms with Crippen LogP contribution >= 0.6 is 0 Å². The number of rotatable bonds is 9. The van der Waals surface area contributed by atoms with E-state index in [1.54, 1.807) is 20.3 Å². The van der Waals surface area contributed by atoms with Crippen molar-refractivity contribution in [3.05, 3.63) is 58.9 Å². The molecule has 1 aliphatic carbocycles. The summed E-state index contributed by atoms with van der Waals surface area (Å²) in [4.78, 5) is 2.27. The van der Waals surface area contributed by atoms with Crippen LogP contribution in [0.3, 0.4) is 0 Å². The Morgan fingerprint density at radius 2 is 1.84 bits per heavy atom. The molecular weight excluding hydrogens is 393 g/mol. The van der Waals surface area contributed by atoms with Crippen LogP contribution in [-0.2, 0) is 12.8 Å². The van der Waals surface area contributed by atoms with Crippen LogP contribution in [0.5, 0.6) is 11.5 Å². The molecule has 1 aliphatic rings. The topological polar surface area (TPSA) is 41.9 Å². The summed E-state index contributed by atoms with van der Waals surface area (Å²) in [5, 5.41) is 11.6. The molecule has 31 heavy (non-hydrogen) atoms. The summed E-state index contributed by atoms with van der Waals surface area (Å²) in [5.74, 6) is 1.59. The summed E-state index contributed by atoms with van der Waals surface area (Å²) in [7, 11) is 5.39. The van der Waals surface area contributed by atoms with E-state index in [1.165, 1.54) is 11.6 Å². The first kappa shape index (κ1) is 23.6. The minimum Gasteiger partial charge on any atom is -0.493 e. The van der Waals surface area contributed by atoms with Crippen LogP contribution in [0, 0.1) is 11.7 Å². The Kier molecular flexibility index (Phi) is 7.60. The highest BCUT2D eigenvalue weighted by molar-refractivity contribution is 5.43. The van der Waals surface area contributed by atoms with Crippen molar-refractivity contribution < 1.29 is 19.0 Å². The summed E-state index contributed by atoms with van der Waals surface area (Å²) >= 11 is 0. The molecule has 4 nitrogen and oxygen atoms in total. The van der Waals surface area contributed by atoms with Gasteiger partial charge in [-0.3, -0.25) is 0 Å². The predicted molar refractivity (Wildman–Crippen MR) is 123 cm³/mol. The second kappa shape index (κ2) is 10.0. The molecule has 0 unspecified atom stereocenters. The van der Waals surface area contributed by atoms with Crippen molar-refractivity contribution in [2.24, 2.45) is 5.92 Å². The second-order valence-corrected chi connectivity index (χ2v) is 9.16. The molecular formula is C26H36FNO3. The molecule has 2 aromatic carbocycles. The predicted octanol–water partition coefficient (Wildman–Crippen LogP) is 4.82. The van der Waals surface area contributed by atoms with E-state index >= 15 is 0 Å². The van der Waals surface area contributed by atoms with E-state index in [9.17, 15) is 9.50 Å². The third-order valence-corrected chi connectivity index (χ3v) is 6.67. The van der Waals surface area contributed by atoms with Crippen molar-refractivity contribution >= 4 is 0 Å². The highest BCUT2D eigenvalue weighted by atomic mass is 19.1. The Balaban J connectivity index is 1.62. The first-order valence-corrected chi connectivity index (χ1v) is 11.2. The van der Waals surface area contributed by atoms with Crippen molar-refractivity contribution in [3.63, 3.8) is 0 Å². The third-order valence-electron chi connectivity index (χ3n) is 6.67. The SMILES string of the molecule is COc1ccc(CCN(C)CC[C@@]2(O)CCc3cc(F)ccc3[C@@H]2C(C)C)cc1OC. The van der Waals surface area contributed by atoms with Crippen LogP contribution in [0.25, 0.3) is 0 Å². The molecule has 0 amide bonds. The first-order chi connectivity index (χ1) is 14.8. The fourth-order valence-electron chi connectivity index (χ4n) is 5.00. The van der Waals surface area contributed by atoms with Gasteiger partial charge >= 0.3 is 0 Å². The van der Waals surface area contributed by atoms with Gasteiger partial charge < -0.3 is 19.5 Å². The molecule has 1 N–H and O–H groups in total. The number of aryl methyl sites for hydroxylation is 1. The van der Waals surface area contributed by atoms with Crippen LogP contribution in [0.4, 0.5) is 4.39 Å². The molecule has 0 radical (unpaired) electrons. The van der Waals surface area contributed by atoms with Crippen molar-refractivity contribution in [1.29, 1.82) is 0 Å². The third kappa shape index (κ3) is 5.39. The van der Waals surface area contributed by atoms with Crippen molar-refractivity contribution in [2.45, 2.75) is 51.0 Å². The zero-order valence-corrected chi connectivity index (χ0v) is 19.5. The van der Waals surface area contributed by atoms with Crippen molar-refractivity contribution in [3.8, 4) is 11.5 Å². The molecule has 5 heteroatoms. The van der Waals surface area contributed by atoms with Gasteiger partial charge in [0, 0.05) is 19.0 Å². The summed E-state index contributed by atoms with van der Waals surface area (Å²) in [6.45, 7) is 5.99. The van der Waals surface area contributed by atoms with Crippen molar-refractivity contribution in [2.75, 3.05) is 34.4 Å². The lowest BCUT2D eigenvalue weighted by molar-refractivity contribution is -0.0300. The Labute approximate surface area is 186 Å². The van der Waals surface area contributed by atoms with Gasteiger partial charge in [-0.05, 0) is 79.6 Å². The molecule has 0 aliphatic heterocycles. The van der Waals surface area contributed by atoms with Gasteiger partial charge in [0.15, 0.2) is 11.5 Å². The number of fused-ring (bicyclic) bond motifs is 1. The minimum absolute atomic E-state index is 0.0242. The monoisotopic (exact) mass is 429 g/mol. The zero-order valence-electron chi connectivity index (χ0n) is 19.5. The standard InChI is InChI=1S/C26H36FNO3/c1-18(2)25-22-8-7-21(27)17-20(22)10-12-26(25,29)13-15-28(3)14-11-19-6-9-23(30-4)24(16-19)31-5/h6-9,16-18,25,29H,10-15H2,1-5H3/t25-,26-/m0/s1. The summed E-state index contributed by atoms with van der Waals surface area (Å²) in [6, 6.07) is 11.1. The molecule has 2 atom stereocenters. The number of benzene rings is 2. The fourth-order valence-corrected chi connectivity index (χ4v) is 5.00. The van der Waals surface area contributed by atoms with E-state index in [1.807, 2.05) is 18.2 Å². The smallest absolute Gasteiger partial charge is 0.160 e. The lowest BCUT2D eigenvalue weighted by Crippen LogP contribution is -2.45. The van der Waals surface area contributed by atoms with Gasteiger partial charge in [0.05, 0.1) is 19.8 Å². The largest absolute Gasteiger partial charge is 0.493 e. The van der Waals surface area contributed by atoms with Crippen LogP contribution in [0.15, 0.2) is 36.4 Å². The van der Waals surface area contributed by atoms with E-state index in [-0.39, 0.29) is 17.7 Å². The van der Waals surface area contributed by atoms with E-state index in [4.69, 9.17) is 9.47 Å². The average molecular weight is 430 g/mol. The second-order valence-electron chi connectivity index (χ2n) is 9.16. The lowest BCUT2D eigenvalue weighted by atomic mass is 9.66. The quantitative estimate of drug-likeness (QED) is 0.620. The Morgan fingerprint density at radius 3 is 2.52 bits per heavy atom. The van der Waals surface area contributed by atoms with Gasteiger partial charge in [-0.2, -0.15) is 0 Å². The molecule has 0 saturated carbocycles. The maximum Gasteiger partial charge on any atom is 0.160 e. The summed E-state index contributed by atoms with van der Waals surface area (Å²) in [5.41, 5.74) is 2.58. The molecule has 2 aromatic rings. The average Bonchev–Trinajstić information content (AvgIpc) is 2.75. The van der Waals surface area contributed by atoms with Crippen LogP contribution in [-0.4, -0.2) is 50.0 Å². The molecule has 0 heterocycles. The Bertz CT molecular complexity index is 885. The Hall–Kier alpha value is -2.11. The van der Waals surface area contributed by atoms with Crippen LogP contribution in [0.1, 0.15) is 49.3 Å². The van der Waals surface area contributed by atoms with E-state index in [2.05, 4.69) is 31.9 Å². The van der Waals surface area contributed by atoms with E-state index in [0.717, 1.165) is 48.6 Å². The Morgan fingerprint density at radius 1 is 1.10 bits per heavy atom. The molecule has 3 rings (SSSR count). The summed E-state index contributed by atoms with van der Waals surface area (Å²) in [6.07, 6.45) is 3.00. The maximum absolute atomic E-state index is 13.7. The van der Waals surface area contributed by atoms with Gasteiger partial charge in [-0.25, -0.2) is 4.39 Å². The molecule has 0 fully saturated rings. The normalized spacial score (nSPS) is 20.7. The zero-order chi connectivity index (χ0) is 22.6.